The van der Waals surface area contributed by atoms with Crippen molar-refractivity contribution in [3.8, 4) is 11.3 Å². The third kappa shape index (κ3) is 8.88. The molecule has 0 spiro atoms. The van der Waals surface area contributed by atoms with Gasteiger partial charge in [0.2, 0.25) is 5.91 Å². The Morgan fingerprint density at radius 3 is 2.27 bits per heavy atom. The predicted molar refractivity (Wildman–Crippen MR) is 127 cm³/mol. The van der Waals surface area contributed by atoms with Gasteiger partial charge in [0.25, 0.3) is 5.91 Å². The van der Waals surface area contributed by atoms with Crippen LogP contribution in [0.2, 0.25) is 0 Å². The Morgan fingerprint density at radius 1 is 1.03 bits per heavy atom. The second-order valence-electron chi connectivity index (χ2n) is 7.78. The first-order valence-corrected chi connectivity index (χ1v) is 11.1. The molecule has 9 heteroatoms. The first-order chi connectivity index (χ1) is 15.7. The maximum absolute atomic E-state index is 12.9. The fraction of sp³-hybridized carbons (Fsp3) is 0.458. The van der Waals surface area contributed by atoms with Crippen LogP contribution in [0.1, 0.15) is 64.0 Å². The third-order valence-electron chi connectivity index (χ3n) is 4.31. The van der Waals surface area contributed by atoms with Gasteiger partial charge in [-0.2, -0.15) is 0 Å². The predicted octanol–water partition coefficient (Wildman–Crippen LogP) is 3.43. The summed E-state index contributed by atoms with van der Waals surface area (Å²) in [5.41, 5.74) is 7.20. The van der Waals surface area contributed by atoms with Gasteiger partial charge in [-0.25, -0.2) is 9.78 Å². The molecular weight excluding hydrogens is 422 g/mol. The smallest absolute Gasteiger partial charge is 0.407 e. The van der Waals surface area contributed by atoms with E-state index in [0.717, 1.165) is 5.56 Å². The minimum absolute atomic E-state index is 0.0645. The number of benzene rings is 1. The molecule has 1 heterocycles. The number of carbonyl (C=O) groups is 3. The number of hydrogen-bond donors (Lipinski definition) is 3. The highest BCUT2D eigenvalue weighted by molar-refractivity contribution is 6.00. The molecule has 0 aliphatic heterocycles. The number of primary amides is 1. The summed E-state index contributed by atoms with van der Waals surface area (Å²) >= 11 is 0. The monoisotopic (exact) mass is 457 g/mol. The normalized spacial score (nSPS) is 11.3. The van der Waals surface area contributed by atoms with Gasteiger partial charge in [-0.3, -0.25) is 14.6 Å². The molecule has 33 heavy (non-hydrogen) atoms. The quantitative estimate of drug-likeness (QED) is 0.528. The maximum Gasteiger partial charge on any atom is 0.407 e. The number of nitrogens with two attached hydrogens (primary N) is 1. The van der Waals surface area contributed by atoms with Gasteiger partial charge in [-0.1, -0.05) is 52.0 Å². The number of rotatable bonds is 9. The van der Waals surface area contributed by atoms with E-state index in [9.17, 15) is 14.4 Å². The Labute approximate surface area is 195 Å². The lowest BCUT2D eigenvalue weighted by atomic mass is 10.0. The van der Waals surface area contributed by atoms with Gasteiger partial charge in [-0.15, -0.1) is 0 Å². The molecule has 1 aromatic carbocycles. The molecule has 0 aliphatic rings. The summed E-state index contributed by atoms with van der Waals surface area (Å²) in [6, 6.07) is 6.39. The molecular formula is C24H35N5O4. The minimum Gasteiger partial charge on any atom is -0.447 e. The van der Waals surface area contributed by atoms with Crippen molar-refractivity contribution >= 4 is 17.9 Å². The zero-order chi connectivity index (χ0) is 25.0. The lowest BCUT2D eigenvalue weighted by Crippen LogP contribution is -2.45. The van der Waals surface area contributed by atoms with E-state index >= 15 is 0 Å². The topological polar surface area (TPSA) is 136 Å². The van der Waals surface area contributed by atoms with E-state index in [1.807, 2.05) is 39.8 Å². The average molecular weight is 458 g/mol. The van der Waals surface area contributed by atoms with Crippen molar-refractivity contribution in [1.82, 2.24) is 20.6 Å². The van der Waals surface area contributed by atoms with E-state index in [-0.39, 0.29) is 24.3 Å². The summed E-state index contributed by atoms with van der Waals surface area (Å²) in [4.78, 5) is 45.1. The molecule has 180 valence electrons. The molecule has 0 fully saturated rings. The van der Waals surface area contributed by atoms with Crippen LogP contribution in [0.4, 0.5) is 4.79 Å². The van der Waals surface area contributed by atoms with Crippen LogP contribution < -0.4 is 16.4 Å². The Balaban J connectivity index is 0.00000265. The van der Waals surface area contributed by atoms with E-state index in [0.29, 0.717) is 17.7 Å². The van der Waals surface area contributed by atoms with E-state index in [4.69, 9.17) is 10.5 Å². The fourth-order valence-corrected chi connectivity index (χ4v) is 2.97. The molecule has 2 aromatic rings. The van der Waals surface area contributed by atoms with Crippen LogP contribution >= 0.6 is 0 Å². The Bertz CT molecular complexity index is 931. The SMILES string of the molecule is CC.CC(C)CC(NC(=O)c1nccnc1-c1ccccc1CNC(=O)OC(C)C)C(N)=O. The summed E-state index contributed by atoms with van der Waals surface area (Å²) in [6.45, 7) is 11.6. The van der Waals surface area contributed by atoms with E-state index in [1.165, 1.54) is 12.4 Å². The zero-order valence-electron chi connectivity index (χ0n) is 20.2. The van der Waals surface area contributed by atoms with Crippen LogP contribution in [0.3, 0.4) is 0 Å². The van der Waals surface area contributed by atoms with Crippen LogP contribution in [0, 0.1) is 5.92 Å². The molecule has 9 nitrogen and oxygen atoms in total. The molecule has 4 N–H and O–H groups in total. The van der Waals surface area contributed by atoms with E-state index in [1.54, 1.807) is 26.0 Å². The fourth-order valence-electron chi connectivity index (χ4n) is 2.97. The number of aromatic nitrogens is 2. The largest absolute Gasteiger partial charge is 0.447 e. The van der Waals surface area contributed by atoms with Crippen molar-refractivity contribution < 1.29 is 19.1 Å². The highest BCUT2D eigenvalue weighted by Crippen LogP contribution is 2.24. The first kappa shape index (κ1) is 27.5. The third-order valence-corrected chi connectivity index (χ3v) is 4.31. The van der Waals surface area contributed by atoms with E-state index < -0.39 is 23.9 Å². The van der Waals surface area contributed by atoms with Gasteiger partial charge in [0.1, 0.15) is 11.7 Å². The molecule has 1 atom stereocenters. The number of alkyl carbamates (subject to hydrolysis) is 1. The maximum atomic E-state index is 12.9. The highest BCUT2D eigenvalue weighted by atomic mass is 16.6. The van der Waals surface area contributed by atoms with Gasteiger partial charge in [0, 0.05) is 24.5 Å². The van der Waals surface area contributed by atoms with Crippen molar-refractivity contribution in [1.29, 1.82) is 0 Å². The summed E-state index contributed by atoms with van der Waals surface area (Å²) in [7, 11) is 0. The molecule has 3 amide bonds. The van der Waals surface area contributed by atoms with Crippen molar-refractivity contribution in [3.63, 3.8) is 0 Å². The second kappa shape index (κ2) is 13.8. The number of carbonyl (C=O) groups excluding carboxylic acids is 3. The Kier molecular flexibility index (Phi) is 11.5. The second-order valence-corrected chi connectivity index (χ2v) is 7.78. The Hall–Kier alpha value is -3.49. The number of amides is 3. The minimum atomic E-state index is -0.815. The van der Waals surface area contributed by atoms with Gasteiger partial charge >= 0.3 is 6.09 Å². The van der Waals surface area contributed by atoms with Crippen LogP contribution in [0.5, 0.6) is 0 Å². The molecule has 1 unspecified atom stereocenters. The molecule has 2 rings (SSSR count). The van der Waals surface area contributed by atoms with Crippen molar-refractivity contribution in [2.24, 2.45) is 11.7 Å². The Morgan fingerprint density at radius 2 is 1.67 bits per heavy atom. The zero-order valence-corrected chi connectivity index (χ0v) is 20.2. The molecule has 0 radical (unpaired) electrons. The molecule has 0 saturated carbocycles. The van der Waals surface area contributed by atoms with Gasteiger partial charge in [-0.05, 0) is 31.7 Å². The van der Waals surface area contributed by atoms with Crippen molar-refractivity contribution in [2.75, 3.05) is 0 Å². The number of hydrogen-bond acceptors (Lipinski definition) is 6. The van der Waals surface area contributed by atoms with E-state index in [2.05, 4.69) is 20.6 Å². The van der Waals surface area contributed by atoms with Crippen molar-refractivity contribution in [2.45, 2.75) is 66.7 Å². The van der Waals surface area contributed by atoms with Gasteiger partial charge in [0.15, 0.2) is 5.69 Å². The van der Waals surface area contributed by atoms with Crippen LogP contribution in [-0.2, 0) is 16.1 Å². The number of nitrogens with zero attached hydrogens (tertiary/aromatic N) is 2. The summed E-state index contributed by atoms with van der Waals surface area (Å²) in [6.07, 6.45) is 2.51. The highest BCUT2D eigenvalue weighted by Gasteiger charge is 2.24. The van der Waals surface area contributed by atoms with Crippen LogP contribution in [0.25, 0.3) is 11.3 Å². The van der Waals surface area contributed by atoms with Crippen LogP contribution in [-0.4, -0.2) is 40.0 Å². The molecule has 0 aliphatic carbocycles. The first-order valence-electron chi connectivity index (χ1n) is 11.1. The molecule has 1 aromatic heterocycles. The average Bonchev–Trinajstić information content (AvgIpc) is 2.78. The van der Waals surface area contributed by atoms with Gasteiger partial charge in [0.05, 0.1) is 6.10 Å². The lowest BCUT2D eigenvalue weighted by molar-refractivity contribution is -0.120. The molecule has 0 bridgehead atoms. The molecule has 0 saturated heterocycles. The lowest BCUT2D eigenvalue weighted by Gasteiger charge is -2.18. The standard InChI is InChI=1S/C22H29N5O4.C2H6/c1-13(2)11-17(20(23)28)27-21(29)19-18(24-9-10-25-19)16-8-6-5-7-15(16)12-26-22(30)31-14(3)4;1-2/h5-10,13-14,17H,11-12H2,1-4H3,(H2,23,28)(H,26,30)(H,27,29);1-2H3. The van der Waals surface area contributed by atoms with Crippen molar-refractivity contribution in [3.05, 3.63) is 47.9 Å². The number of nitrogens with one attached hydrogen (secondary N) is 2. The van der Waals surface area contributed by atoms with Crippen LogP contribution in [0.15, 0.2) is 36.7 Å². The summed E-state index contributed by atoms with van der Waals surface area (Å²) in [5, 5.41) is 5.35. The number of ether oxygens (including phenoxy) is 1. The summed E-state index contributed by atoms with van der Waals surface area (Å²) < 4.78 is 5.09. The van der Waals surface area contributed by atoms with Gasteiger partial charge < -0.3 is 21.1 Å². The summed E-state index contributed by atoms with van der Waals surface area (Å²) in [5.74, 6) is -0.994.